The first-order valence-electron chi connectivity index (χ1n) is 7.20. The second-order valence-electron chi connectivity index (χ2n) is 6.62. The number of para-hydroxylation sites is 1. The van der Waals surface area contributed by atoms with Crippen molar-refractivity contribution in [2.24, 2.45) is 5.41 Å². The van der Waals surface area contributed by atoms with Crippen molar-refractivity contribution in [3.63, 3.8) is 0 Å². The summed E-state index contributed by atoms with van der Waals surface area (Å²) in [6.45, 7) is 8.43. The Morgan fingerprint density at radius 1 is 1.28 bits per heavy atom. The summed E-state index contributed by atoms with van der Waals surface area (Å²) >= 11 is 0. The molecule has 1 unspecified atom stereocenters. The third-order valence-corrected chi connectivity index (χ3v) is 4.52. The molecule has 2 heteroatoms. The standard InChI is InChI=1S/C16H24N2/c1-16(2)9-10-18(12-16)14-8-7-13-5-3-4-6-15(13)17-11-14/h3-6,14,17H,7-12H2,1-2H3. The van der Waals surface area contributed by atoms with E-state index in [0.29, 0.717) is 11.5 Å². The Labute approximate surface area is 110 Å². The molecule has 18 heavy (non-hydrogen) atoms. The van der Waals surface area contributed by atoms with Gasteiger partial charge in [-0.1, -0.05) is 32.0 Å². The topological polar surface area (TPSA) is 15.3 Å². The highest BCUT2D eigenvalue weighted by Crippen LogP contribution is 2.32. The van der Waals surface area contributed by atoms with Crippen LogP contribution in [-0.2, 0) is 6.42 Å². The predicted octanol–water partition coefficient (Wildman–Crippen LogP) is 3.15. The van der Waals surface area contributed by atoms with E-state index >= 15 is 0 Å². The minimum atomic E-state index is 0.513. The van der Waals surface area contributed by atoms with Gasteiger partial charge in [0.2, 0.25) is 0 Å². The van der Waals surface area contributed by atoms with Crippen LogP contribution in [0.1, 0.15) is 32.3 Å². The maximum absolute atomic E-state index is 3.64. The Morgan fingerprint density at radius 3 is 2.89 bits per heavy atom. The van der Waals surface area contributed by atoms with Crippen LogP contribution in [-0.4, -0.2) is 30.6 Å². The number of aryl methyl sites for hydroxylation is 1. The minimum Gasteiger partial charge on any atom is -0.383 e. The number of anilines is 1. The smallest absolute Gasteiger partial charge is 0.0373 e. The lowest BCUT2D eigenvalue weighted by molar-refractivity contribution is 0.217. The molecule has 98 valence electrons. The highest BCUT2D eigenvalue weighted by atomic mass is 15.2. The Balaban J connectivity index is 1.68. The van der Waals surface area contributed by atoms with E-state index in [1.165, 1.54) is 43.6 Å². The van der Waals surface area contributed by atoms with E-state index < -0.39 is 0 Å². The highest BCUT2D eigenvalue weighted by molar-refractivity contribution is 5.52. The molecule has 0 saturated carbocycles. The highest BCUT2D eigenvalue weighted by Gasteiger charge is 2.33. The molecule has 3 rings (SSSR count). The van der Waals surface area contributed by atoms with Gasteiger partial charge in [-0.15, -0.1) is 0 Å². The van der Waals surface area contributed by atoms with Crippen LogP contribution in [0.25, 0.3) is 0 Å². The van der Waals surface area contributed by atoms with E-state index in [4.69, 9.17) is 0 Å². The SMILES string of the molecule is CC1(C)CCN(C2CCc3ccccc3NC2)C1. The quantitative estimate of drug-likeness (QED) is 0.816. The van der Waals surface area contributed by atoms with Crippen molar-refractivity contribution < 1.29 is 0 Å². The summed E-state index contributed by atoms with van der Waals surface area (Å²) in [5.74, 6) is 0. The van der Waals surface area contributed by atoms with Gasteiger partial charge >= 0.3 is 0 Å². The number of nitrogens with zero attached hydrogens (tertiary/aromatic N) is 1. The molecule has 1 atom stereocenters. The van der Waals surface area contributed by atoms with Crippen molar-refractivity contribution in [3.05, 3.63) is 29.8 Å². The first-order valence-corrected chi connectivity index (χ1v) is 7.20. The van der Waals surface area contributed by atoms with Crippen molar-refractivity contribution in [2.75, 3.05) is 25.0 Å². The van der Waals surface area contributed by atoms with Gasteiger partial charge in [-0.3, -0.25) is 4.90 Å². The van der Waals surface area contributed by atoms with Gasteiger partial charge < -0.3 is 5.32 Å². The molecule has 1 aromatic rings. The van der Waals surface area contributed by atoms with Gasteiger partial charge in [0, 0.05) is 24.8 Å². The second-order valence-corrected chi connectivity index (χ2v) is 6.62. The fourth-order valence-electron chi connectivity index (χ4n) is 3.34. The lowest BCUT2D eigenvalue weighted by Gasteiger charge is -2.28. The van der Waals surface area contributed by atoms with Crippen molar-refractivity contribution >= 4 is 5.69 Å². The van der Waals surface area contributed by atoms with Crippen LogP contribution < -0.4 is 5.32 Å². The van der Waals surface area contributed by atoms with Crippen LogP contribution in [0.4, 0.5) is 5.69 Å². The van der Waals surface area contributed by atoms with Crippen LogP contribution in [0.2, 0.25) is 0 Å². The molecule has 0 aromatic heterocycles. The molecular formula is C16H24N2. The van der Waals surface area contributed by atoms with E-state index in [0.717, 1.165) is 6.54 Å². The van der Waals surface area contributed by atoms with Crippen LogP contribution >= 0.6 is 0 Å². The van der Waals surface area contributed by atoms with Crippen LogP contribution in [0.5, 0.6) is 0 Å². The summed E-state index contributed by atoms with van der Waals surface area (Å²) in [5, 5.41) is 3.64. The van der Waals surface area contributed by atoms with Gasteiger partial charge in [0.05, 0.1) is 0 Å². The molecule has 2 heterocycles. The summed E-state index contributed by atoms with van der Waals surface area (Å²) < 4.78 is 0. The molecular weight excluding hydrogens is 220 g/mol. The summed E-state index contributed by atoms with van der Waals surface area (Å²) in [6.07, 6.45) is 3.85. The lowest BCUT2D eigenvalue weighted by atomic mass is 9.93. The molecule has 0 spiro atoms. The molecule has 1 aromatic carbocycles. The molecule has 2 aliphatic heterocycles. The fraction of sp³-hybridized carbons (Fsp3) is 0.625. The number of hydrogen-bond donors (Lipinski definition) is 1. The fourth-order valence-corrected chi connectivity index (χ4v) is 3.34. The maximum Gasteiger partial charge on any atom is 0.0373 e. The number of benzene rings is 1. The van der Waals surface area contributed by atoms with Crippen molar-refractivity contribution in [3.8, 4) is 0 Å². The number of rotatable bonds is 1. The largest absolute Gasteiger partial charge is 0.383 e. The third-order valence-electron chi connectivity index (χ3n) is 4.52. The summed E-state index contributed by atoms with van der Waals surface area (Å²) in [4.78, 5) is 2.69. The normalized spacial score (nSPS) is 27.3. The van der Waals surface area contributed by atoms with E-state index in [-0.39, 0.29) is 0 Å². The summed E-state index contributed by atoms with van der Waals surface area (Å²) in [5.41, 5.74) is 3.34. The Morgan fingerprint density at radius 2 is 2.11 bits per heavy atom. The Bertz CT molecular complexity index is 398. The lowest BCUT2D eigenvalue weighted by Crippen LogP contribution is -2.38. The monoisotopic (exact) mass is 244 g/mol. The van der Waals surface area contributed by atoms with E-state index in [1.807, 2.05) is 0 Å². The second kappa shape index (κ2) is 4.58. The first kappa shape index (κ1) is 12.0. The van der Waals surface area contributed by atoms with E-state index in [1.54, 1.807) is 0 Å². The van der Waals surface area contributed by atoms with Gasteiger partial charge in [-0.05, 0) is 42.9 Å². The third kappa shape index (κ3) is 2.39. The van der Waals surface area contributed by atoms with Crippen LogP contribution in [0.15, 0.2) is 24.3 Å². The zero-order valence-corrected chi connectivity index (χ0v) is 11.6. The van der Waals surface area contributed by atoms with Crippen LogP contribution in [0, 0.1) is 5.41 Å². The molecule has 2 aliphatic rings. The molecule has 1 saturated heterocycles. The van der Waals surface area contributed by atoms with Crippen molar-refractivity contribution in [1.29, 1.82) is 0 Å². The average molecular weight is 244 g/mol. The Kier molecular flexibility index (Phi) is 3.06. The maximum atomic E-state index is 3.64. The number of fused-ring (bicyclic) bond motifs is 1. The van der Waals surface area contributed by atoms with E-state index in [2.05, 4.69) is 48.3 Å². The van der Waals surface area contributed by atoms with Crippen molar-refractivity contribution in [2.45, 2.75) is 39.2 Å². The molecule has 0 aliphatic carbocycles. The zero-order chi connectivity index (χ0) is 12.6. The molecule has 1 N–H and O–H groups in total. The average Bonchev–Trinajstić information content (AvgIpc) is 2.60. The summed E-state index contributed by atoms with van der Waals surface area (Å²) in [6, 6.07) is 9.47. The van der Waals surface area contributed by atoms with Gasteiger partial charge in [0.25, 0.3) is 0 Å². The number of nitrogens with one attached hydrogen (secondary N) is 1. The first-order chi connectivity index (χ1) is 8.64. The molecule has 0 amide bonds. The summed E-state index contributed by atoms with van der Waals surface area (Å²) in [7, 11) is 0. The van der Waals surface area contributed by atoms with Gasteiger partial charge in [-0.25, -0.2) is 0 Å². The molecule has 0 radical (unpaired) electrons. The van der Waals surface area contributed by atoms with Gasteiger partial charge in [-0.2, -0.15) is 0 Å². The van der Waals surface area contributed by atoms with E-state index in [9.17, 15) is 0 Å². The Hall–Kier alpha value is -1.02. The van der Waals surface area contributed by atoms with Gasteiger partial charge in [0.1, 0.15) is 0 Å². The minimum absolute atomic E-state index is 0.513. The number of hydrogen-bond acceptors (Lipinski definition) is 2. The zero-order valence-electron chi connectivity index (χ0n) is 11.6. The molecule has 1 fully saturated rings. The van der Waals surface area contributed by atoms with Crippen molar-refractivity contribution in [1.82, 2.24) is 4.90 Å². The molecule has 0 bridgehead atoms. The molecule has 2 nitrogen and oxygen atoms in total. The van der Waals surface area contributed by atoms with Gasteiger partial charge in [0.15, 0.2) is 0 Å². The number of likely N-dealkylation sites (tertiary alicyclic amines) is 1. The predicted molar refractivity (Wildman–Crippen MR) is 77.0 cm³/mol. The van der Waals surface area contributed by atoms with Crippen LogP contribution in [0.3, 0.4) is 0 Å².